The minimum Gasteiger partial charge on any atom is -0.481 e. The summed E-state index contributed by atoms with van der Waals surface area (Å²) >= 11 is 0. The first-order valence-corrected chi connectivity index (χ1v) is 4.88. The number of alkyl halides is 3. The maximum Gasteiger partial charge on any atom is 0.471 e. The Morgan fingerprint density at radius 3 is 2.50 bits per heavy atom. The van der Waals surface area contributed by atoms with Crippen LogP contribution in [0.5, 0.6) is 0 Å². The largest absolute Gasteiger partial charge is 0.481 e. The van der Waals surface area contributed by atoms with Crippen LogP contribution in [0.3, 0.4) is 0 Å². The SMILES string of the molecule is O=C(O)C[C@@H]1CCCN(C(=O)C(F)(F)F)C1. The van der Waals surface area contributed by atoms with Gasteiger partial charge in [-0.3, -0.25) is 9.59 Å². The highest BCUT2D eigenvalue weighted by Crippen LogP contribution is 2.25. The van der Waals surface area contributed by atoms with Crippen LogP contribution >= 0.6 is 0 Å². The molecule has 0 saturated carbocycles. The number of rotatable bonds is 2. The van der Waals surface area contributed by atoms with E-state index in [9.17, 15) is 22.8 Å². The first kappa shape index (κ1) is 12.8. The van der Waals surface area contributed by atoms with Crippen LogP contribution in [0.2, 0.25) is 0 Å². The molecule has 1 N–H and O–H groups in total. The van der Waals surface area contributed by atoms with Gasteiger partial charge in [0.25, 0.3) is 0 Å². The van der Waals surface area contributed by atoms with Gasteiger partial charge in [-0.05, 0) is 18.8 Å². The van der Waals surface area contributed by atoms with Crippen LogP contribution in [0, 0.1) is 5.92 Å². The van der Waals surface area contributed by atoms with Gasteiger partial charge in [0.2, 0.25) is 0 Å². The molecule has 1 aliphatic heterocycles. The number of carboxylic acid groups (broad SMARTS) is 1. The van der Waals surface area contributed by atoms with Crippen molar-refractivity contribution in [2.24, 2.45) is 5.92 Å². The van der Waals surface area contributed by atoms with Crippen LogP contribution in [0.1, 0.15) is 19.3 Å². The zero-order valence-electron chi connectivity index (χ0n) is 8.46. The number of likely N-dealkylation sites (tertiary alicyclic amines) is 1. The molecule has 0 aromatic rings. The fourth-order valence-electron chi connectivity index (χ4n) is 1.84. The molecule has 0 spiro atoms. The van der Waals surface area contributed by atoms with E-state index in [1.54, 1.807) is 0 Å². The van der Waals surface area contributed by atoms with E-state index in [-0.39, 0.29) is 25.4 Å². The third-order valence-corrected chi connectivity index (χ3v) is 2.51. The van der Waals surface area contributed by atoms with E-state index in [0.717, 1.165) is 0 Å². The Bertz CT molecular complexity index is 290. The van der Waals surface area contributed by atoms with Crippen molar-refractivity contribution in [1.29, 1.82) is 0 Å². The van der Waals surface area contributed by atoms with Crippen molar-refractivity contribution in [3.8, 4) is 0 Å². The molecule has 1 atom stereocenters. The highest BCUT2D eigenvalue weighted by Gasteiger charge is 2.43. The van der Waals surface area contributed by atoms with Gasteiger partial charge in [-0.15, -0.1) is 0 Å². The van der Waals surface area contributed by atoms with Crippen molar-refractivity contribution in [1.82, 2.24) is 4.90 Å². The van der Waals surface area contributed by atoms with Crippen LogP contribution in [-0.4, -0.2) is 41.1 Å². The van der Waals surface area contributed by atoms with Crippen LogP contribution in [0.4, 0.5) is 13.2 Å². The second-order valence-electron chi connectivity index (χ2n) is 3.86. The Morgan fingerprint density at radius 1 is 1.38 bits per heavy atom. The molecule has 1 amide bonds. The number of amides is 1. The average molecular weight is 239 g/mol. The standard InChI is InChI=1S/C9H12F3NO3/c10-9(11,12)8(16)13-3-1-2-6(5-13)4-7(14)15/h6H,1-5H2,(H,14,15)/t6-/m0/s1. The van der Waals surface area contributed by atoms with Gasteiger partial charge in [0.05, 0.1) is 0 Å². The lowest BCUT2D eigenvalue weighted by Gasteiger charge is -2.32. The molecule has 92 valence electrons. The zero-order valence-corrected chi connectivity index (χ0v) is 8.46. The highest BCUT2D eigenvalue weighted by molar-refractivity contribution is 5.82. The van der Waals surface area contributed by atoms with Crippen LogP contribution < -0.4 is 0 Å². The monoisotopic (exact) mass is 239 g/mol. The highest BCUT2D eigenvalue weighted by atomic mass is 19.4. The van der Waals surface area contributed by atoms with Crippen molar-refractivity contribution in [2.45, 2.75) is 25.4 Å². The number of carboxylic acids is 1. The maximum atomic E-state index is 12.1. The van der Waals surface area contributed by atoms with Crippen molar-refractivity contribution >= 4 is 11.9 Å². The van der Waals surface area contributed by atoms with E-state index < -0.39 is 18.1 Å². The van der Waals surface area contributed by atoms with Crippen molar-refractivity contribution < 1.29 is 27.9 Å². The molecule has 0 unspecified atom stereocenters. The Balaban J connectivity index is 2.57. The van der Waals surface area contributed by atoms with E-state index in [0.29, 0.717) is 17.7 Å². The predicted octanol–water partition coefficient (Wildman–Crippen LogP) is 1.26. The molecule has 1 saturated heterocycles. The third kappa shape index (κ3) is 3.39. The molecule has 1 heterocycles. The molecule has 1 rings (SSSR count). The number of piperidine rings is 1. The van der Waals surface area contributed by atoms with E-state index in [4.69, 9.17) is 5.11 Å². The van der Waals surface area contributed by atoms with Gasteiger partial charge in [-0.2, -0.15) is 13.2 Å². The molecule has 0 bridgehead atoms. The van der Waals surface area contributed by atoms with Crippen LogP contribution in [0.15, 0.2) is 0 Å². The fourth-order valence-corrected chi connectivity index (χ4v) is 1.84. The number of hydrogen-bond donors (Lipinski definition) is 1. The molecule has 1 fully saturated rings. The molecule has 4 nitrogen and oxygen atoms in total. The Morgan fingerprint density at radius 2 is 2.00 bits per heavy atom. The summed E-state index contributed by atoms with van der Waals surface area (Å²) in [6, 6.07) is 0. The van der Waals surface area contributed by atoms with E-state index in [2.05, 4.69) is 0 Å². The summed E-state index contributed by atoms with van der Waals surface area (Å²) in [6.45, 7) is -0.0703. The maximum absolute atomic E-state index is 12.1. The molecular weight excluding hydrogens is 227 g/mol. The van der Waals surface area contributed by atoms with Gasteiger partial charge < -0.3 is 10.0 Å². The van der Waals surface area contributed by atoms with E-state index in [1.165, 1.54) is 0 Å². The second-order valence-corrected chi connectivity index (χ2v) is 3.86. The smallest absolute Gasteiger partial charge is 0.471 e. The van der Waals surface area contributed by atoms with E-state index in [1.807, 2.05) is 0 Å². The van der Waals surface area contributed by atoms with Crippen molar-refractivity contribution in [2.75, 3.05) is 13.1 Å². The summed E-state index contributed by atoms with van der Waals surface area (Å²) in [7, 11) is 0. The summed E-state index contributed by atoms with van der Waals surface area (Å²) in [5, 5.41) is 8.52. The number of aliphatic carboxylic acids is 1. The van der Waals surface area contributed by atoms with Gasteiger partial charge in [0, 0.05) is 19.5 Å². The molecule has 7 heteroatoms. The number of nitrogens with zero attached hydrogens (tertiary/aromatic N) is 1. The van der Waals surface area contributed by atoms with Crippen LogP contribution in [-0.2, 0) is 9.59 Å². The number of hydrogen-bond acceptors (Lipinski definition) is 2. The Hall–Kier alpha value is -1.27. The van der Waals surface area contributed by atoms with E-state index >= 15 is 0 Å². The molecule has 0 radical (unpaired) electrons. The van der Waals surface area contributed by atoms with Gasteiger partial charge in [0.15, 0.2) is 0 Å². The fraction of sp³-hybridized carbons (Fsp3) is 0.778. The summed E-state index contributed by atoms with van der Waals surface area (Å²) < 4.78 is 36.3. The molecule has 0 aromatic heterocycles. The minimum absolute atomic E-state index is 0.0501. The first-order valence-electron chi connectivity index (χ1n) is 4.88. The van der Waals surface area contributed by atoms with Gasteiger partial charge in [-0.1, -0.05) is 0 Å². The Kier molecular flexibility index (Phi) is 3.77. The quantitative estimate of drug-likeness (QED) is 0.789. The topological polar surface area (TPSA) is 57.6 Å². The van der Waals surface area contributed by atoms with Gasteiger partial charge in [-0.25, -0.2) is 0 Å². The normalized spacial score (nSPS) is 21.9. The van der Waals surface area contributed by atoms with Crippen molar-refractivity contribution in [3.05, 3.63) is 0 Å². The summed E-state index contributed by atoms with van der Waals surface area (Å²) in [4.78, 5) is 22.0. The molecule has 1 aliphatic rings. The van der Waals surface area contributed by atoms with Gasteiger partial charge >= 0.3 is 18.1 Å². The molecular formula is C9H12F3NO3. The molecule has 16 heavy (non-hydrogen) atoms. The van der Waals surface area contributed by atoms with Gasteiger partial charge in [0.1, 0.15) is 0 Å². The summed E-state index contributed by atoms with van der Waals surface area (Å²) in [6.07, 6.45) is -4.10. The number of carbonyl (C=O) groups is 2. The second kappa shape index (κ2) is 4.71. The van der Waals surface area contributed by atoms with Crippen LogP contribution in [0.25, 0.3) is 0 Å². The lowest BCUT2D eigenvalue weighted by atomic mass is 9.95. The summed E-state index contributed by atoms with van der Waals surface area (Å²) in [5.74, 6) is -3.30. The first-order chi connectivity index (χ1) is 7.30. The molecule has 0 aromatic carbocycles. The third-order valence-electron chi connectivity index (χ3n) is 2.51. The van der Waals surface area contributed by atoms with Crippen molar-refractivity contribution in [3.63, 3.8) is 0 Å². The number of halogens is 3. The molecule has 0 aliphatic carbocycles. The Labute approximate surface area is 90.0 Å². The minimum atomic E-state index is -4.87. The zero-order chi connectivity index (χ0) is 12.3. The number of carbonyl (C=O) groups excluding carboxylic acids is 1. The average Bonchev–Trinajstić information content (AvgIpc) is 2.14. The lowest BCUT2D eigenvalue weighted by molar-refractivity contribution is -0.187. The summed E-state index contributed by atoms with van der Waals surface area (Å²) in [5.41, 5.74) is 0. The lowest BCUT2D eigenvalue weighted by Crippen LogP contribution is -2.46. The predicted molar refractivity (Wildman–Crippen MR) is 47.6 cm³/mol.